The average molecular weight is 472 g/mol. The van der Waals surface area contributed by atoms with Crippen molar-refractivity contribution in [2.24, 2.45) is 0 Å². The Morgan fingerprint density at radius 3 is 2.00 bits per heavy atom. The average Bonchev–Trinajstić information content (AvgIpc) is 2.81. The van der Waals surface area contributed by atoms with E-state index in [1.807, 2.05) is 28.2 Å². The van der Waals surface area contributed by atoms with Crippen LogP contribution in [-0.4, -0.2) is 48.2 Å². The molecule has 1 aromatic heterocycles. The Morgan fingerprint density at radius 1 is 0.857 bits per heavy atom. The predicted molar refractivity (Wildman–Crippen MR) is 138 cm³/mol. The van der Waals surface area contributed by atoms with Crippen molar-refractivity contribution in [2.75, 3.05) is 33.5 Å². The molecule has 7 heteroatoms. The molecule has 3 aromatic carbocycles. The van der Waals surface area contributed by atoms with Crippen LogP contribution in [0, 0.1) is 5.82 Å². The molecule has 2 atom stereocenters. The van der Waals surface area contributed by atoms with Gasteiger partial charge in [0.2, 0.25) is 0 Å². The topological polar surface area (TPSA) is 64.3 Å². The van der Waals surface area contributed by atoms with Crippen molar-refractivity contribution in [3.63, 3.8) is 0 Å². The van der Waals surface area contributed by atoms with Crippen LogP contribution in [0.5, 0.6) is 0 Å². The number of aromatic amines is 1. The quantitative estimate of drug-likeness (QED) is 0.434. The number of nitrogens with one attached hydrogen (secondary N) is 2. The van der Waals surface area contributed by atoms with Gasteiger partial charge in [-0.25, -0.2) is 9.49 Å². The summed E-state index contributed by atoms with van der Waals surface area (Å²) in [5.74, 6) is -0.616. The van der Waals surface area contributed by atoms with Gasteiger partial charge in [0.15, 0.2) is 0 Å². The van der Waals surface area contributed by atoms with Crippen molar-refractivity contribution in [3.8, 4) is 0 Å². The van der Waals surface area contributed by atoms with E-state index in [1.165, 1.54) is 23.3 Å². The fourth-order valence-electron chi connectivity index (χ4n) is 5.05. The first-order chi connectivity index (χ1) is 16.8. The Hall–Kier alpha value is -3.55. The number of aromatic nitrogens is 2. The van der Waals surface area contributed by atoms with E-state index in [1.54, 1.807) is 0 Å². The van der Waals surface area contributed by atoms with Gasteiger partial charge in [-0.2, -0.15) is 5.10 Å². The zero-order valence-electron chi connectivity index (χ0n) is 20.5. The third-order valence-corrected chi connectivity index (χ3v) is 6.50. The van der Waals surface area contributed by atoms with Crippen LogP contribution in [0.3, 0.4) is 0 Å². The SMILES string of the molecule is CN(C)Cc1ccc(C2Nc3cc(F)cc4c(=O)[nH]nc(c34)C2c2ccc(CN(C)C)cc2)cc1. The van der Waals surface area contributed by atoms with Gasteiger partial charge in [0, 0.05) is 24.2 Å². The van der Waals surface area contributed by atoms with E-state index in [0.717, 1.165) is 29.9 Å². The summed E-state index contributed by atoms with van der Waals surface area (Å²) in [5.41, 5.74) is 5.54. The standard InChI is InChI=1S/C28H30FN5O/c1-33(2)15-17-5-9-19(10-6-17)24-26(20-11-7-18(8-12-20)16-34(3)4)30-23-14-21(29)13-22-25(23)27(24)31-32-28(22)35/h5-14,24,26,30H,15-16H2,1-4H3,(H,32,35). The number of hydrogen-bond acceptors (Lipinski definition) is 5. The van der Waals surface area contributed by atoms with Crippen LogP contribution in [0.15, 0.2) is 65.5 Å². The summed E-state index contributed by atoms with van der Waals surface area (Å²) in [6.45, 7) is 1.70. The number of halogens is 1. The first-order valence-corrected chi connectivity index (χ1v) is 11.8. The third kappa shape index (κ3) is 4.57. The molecule has 2 N–H and O–H groups in total. The molecular formula is C28H30FN5O. The predicted octanol–water partition coefficient (Wildman–Crippen LogP) is 4.48. The second-order valence-electron chi connectivity index (χ2n) is 9.87. The number of benzene rings is 3. The molecule has 0 saturated heterocycles. The first-order valence-electron chi connectivity index (χ1n) is 11.8. The molecule has 0 fully saturated rings. The van der Waals surface area contributed by atoms with Gasteiger partial charge in [0.05, 0.1) is 23.0 Å². The smallest absolute Gasteiger partial charge is 0.272 e. The largest absolute Gasteiger partial charge is 0.377 e. The molecule has 0 spiro atoms. The van der Waals surface area contributed by atoms with Crippen molar-refractivity contribution < 1.29 is 4.39 Å². The molecule has 5 rings (SSSR count). The Kier molecular flexibility index (Phi) is 6.13. The van der Waals surface area contributed by atoms with E-state index in [0.29, 0.717) is 16.5 Å². The molecule has 0 radical (unpaired) electrons. The molecule has 1 aliphatic rings. The van der Waals surface area contributed by atoms with Crippen molar-refractivity contribution in [2.45, 2.75) is 25.0 Å². The zero-order chi connectivity index (χ0) is 24.7. The number of H-pyrrole nitrogens is 1. The van der Waals surface area contributed by atoms with E-state index < -0.39 is 11.4 Å². The summed E-state index contributed by atoms with van der Waals surface area (Å²) in [7, 11) is 8.19. The van der Waals surface area contributed by atoms with Crippen molar-refractivity contribution >= 4 is 16.5 Å². The van der Waals surface area contributed by atoms with Gasteiger partial charge in [0.25, 0.3) is 5.56 Å². The van der Waals surface area contributed by atoms with Crippen LogP contribution >= 0.6 is 0 Å². The molecule has 180 valence electrons. The highest BCUT2D eigenvalue weighted by molar-refractivity contribution is 5.97. The minimum Gasteiger partial charge on any atom is -0.377 e. The maximum Gasteiger partial charge on any atom is 0.272 e. The second kappa shape index (κ2) is 9.24. The summed E-state index contributed by atoms with van der Waals surface area (Å²) in [4.78, 5) is 16.8. The van der Waals surface area contributed by atoms with E-state index in [2.05, 4.69) is 73.8 Å². The van der Waals surface area contributed by atoms with Crippen LogP contribution in [0.1, 0.15) is 39.9 Å². The Labute approximate surface area is 204 Å². The lowest BCUT2D eigenvalue weighted by Crippen LogP contribution is -2.28. The van der Waals surface area contributed by atoms with Crippen LogP contribution in [0.2, 0.25) is 0 Å². The van der Waals surface area contributed by atoms with Crippen LogP contribution in [-0.2, 0) is 13.1 Å². The molecule has 6 nitrogen and oxygen atoms in total. The van der Waals surface area contributed by atoms with Crippen molar-refractivity contribution in [1.29, 1.82) is 0 Å². The fraction of sp³-hybridized carbons (Fsp3) is 0.286. The lowest BCUT2D eigenvalue weighted by molar-refractivity contribution is 0.402. The molecule has 2 heterocycles. The monoisotopic (exact) mass is 471 g/mol. The molecule has 4 aromatic rings. The highest BCUT2D eigenvalue weighted by Crippen LogP contribution is 2.46. The van der Waals surface area contributed by atoms with Crippen LogP contribution < -0.4 is 10.9 Å². The van der Waals surface area contributed by atoms with Crippen molar-refractivity contribution in [3.05, 3.63) is 105 Å². The Balaban J connectivity index is 1.65. The molecule has 35 heavy (non-hydrogen) atoms. The molecule has 0 bridgehead atoms. The number of anilines is 1. The van der Waals surface area contributed by atoms with Gasteiger partial charge in [0.1, 0.15) is 5.82 Å². The van der Waals surface area contributed by atoms with E-state index >= 15 is 0 Å². The summed E-state index contributed by atoms with van der Waals surface area (Å²) in [6.07, 6.45) is 0. The lowest BCUT2D eigenvalue weighted by Gasteiger charge is -2.35. The van der Waals surface area contributed by atoms with Gasteiger partial charge in [-0.3, -0.25) is 4.79 Å². The zero-order valence-corrected chi connectivity index (χ0v) is 20.5. The summed E-state index contributed by atoms with van der Waals surface area (Å²) >= 11 is 0. The second-order valence-corrected chi connectivity index (χ2v) is 9.87. The molecular weight excluding hydrogens is 441 g/mol. The highest BCUT2D eigenvalue weighted by Gasteiger charge is 2.35. The van der Waals surface area contributed by atoms with Gasteiger partial charge >= 0.3 is 0 Å². The summed E-state index contributed by atoms with van der Waals surface area (Å²) in [6, 6.07) is 19.6. The minimum atomic E-state index is -0.450. The summed E-state index contributed by atoms with van der Waals surface area (Å²) < 4.78 is 14.5. The first kappa shape index (κ1) is 23.2. The fourth-order valence-corrected chi connectivity index (χ4v) is 5.05. The number of rotatable bonds is 6. The molecule has 0 amide bonds. The Morgan fingerprint density at radius 2 is 1.43 bits per heavy atom. The van der Waals surface area contributed by atoms with E-state index in [-0.39, 0.29) is 12.0 Å². The van der Waals surface area contributed by atoms with Gasteiger partial charge < -0.3 is 15.1 Å². The summed E-state index contributed by atoms with van der Waals surface area (Å²) in [5, 5.41) is 11.7. The highest BCUT2D eigenvalue weighted by atomic mass is 19.1. The molecule has 0 saturated carbocycles. The van der Waals surface area contributed by atoms with Gasteiger partial charge in [-0.1, -0.05) is 48.5 Å². The minimum absolute atomic E-state index is 0.166. The molecule has 0 aliphatic carbocycles. The molecule has 2 unspecified atom stereocenters. The maximum atomic E-state index is 14.5. The number of hydrogen-bond donors (Lipinski definition) is 2. The van der Waals surface area contributed by atoms with Crippen molar-refractivity contribution in [1.82, 2.24) is 20.0 Å². The van der Waals surface area contributed by atoms with Crippen LogP contribution in [0.25, 0.3) is 10.8 Å². The van der Waals surface area contributed by atoms with E-state index in [9.17, 15) is 9.18 Å². The maximum absolute atomic E-state index is 14.5. The lowest BCUT2D eigenvalue weighted by atomic mass is 9.79. The van der Waals surface area contributed by atoms with Crippen LogP contribution in [0.4, 0.5) is 10.1 Å². The number of nitrogens with zero attached hydrogens (tertiary/aromatic N) is 3. The van der Waals surface area contributed by atoms with E-state index in [4.69, 9.17) is 0 Å². The normalized spacial score (nSPS) is 17.2. The third-order valence-electron chi connectivity index (χ3n) is 6.50. The van der Waals surface area contributed by atoms with Gasteiger partial charge in [-0.15, -0.1) is 0 Å². The van der Waals surface area contributed by atoms with Gasteiger partial charge in [-0.05, 0) is 62.6 Å². The molecule has 1 aliphatic heterocycles. The Bertz CT molecular complexity index is 1410.